The molecular weight excluding hydrogens is 418 g/mol. The summed E-state index contributed by atoms with van der Waals surface area (Å²) in [5.41, 5.74) is 4.05. The number of likely N-dealkylation sites (tertiary alicyclic amines) is 1. The van der Waals surface area contributed by atoms with Gasteiger partial charge >= 0.3 is 0 Å². The van der Waals surface area contributed by atoms with Crippen LogP contribution in [0.5, 0.6) is 0 Å². The summed E-state index contributed by atoms with van der Waals surface area (Å²) in [5, 5.41) is 0. The first-order valence-electron chi connectivity index (χ1n) is 10.2. The predicted molar refractivity (Wildman–Crippen MR) is 127 cm³/mol. The van der Waals surface area contributed by atoms with Crippen LogP contribution in [0.2, 0.25) is 0 Å². The minimum Gasteiger partial charge on any atom is -0.375 e. The molecule has 2 nitrogen and oxygen atoms in total. The van der Waals surface area contributed by atoms with Crippen LogP contribution in [0.4, 0.5) is 0 Å². The molecule has 0 aliphatic carbocycles. The molecule has 0 amide bonds. The number of hydrogen-bond acceptors (Lipinski definition) is 4. The third kappa shape index (κ3) is 4.57. The molecule has 3 aromatic rings. The normalized spacial score (nSPS) is 15.6. The molecule has 1 fully saturated rings. The number of nitrogens with zero attached hydrogens (tertiary/aromatic N) is 1. The van der Waals surface area contributed by atoms with E-state index in [9.17, 15) is 0 Å². The maximum absolute atomic E-state index is 6.07. The maximum atomic E-state index is 6.07. The van der Waals surface area contributed by atoms with Crippen molar-refractivity contribution < 1.29 is 4.74 Å². The van der Waals surface area contributed by atoms with Crippen molar-refractivity contribution in [3.63, 3.8) is 0 Å². The van der Waals surface area contributed by atoms with Gasteiger partial charge in [-0.3, -0.25) is 0 Å². The van der Waals surface area contributed by atoms with Crippen LogP contribution in [0.3, 0.4) is 0 Å². The number of benzene rings is 2. The lowest BCUT2D eigenvalue weighted by Gasteiger charge is -2.26. The van der Waals surface area contributed by atoms with E-state index in [4.69, 9.17) is 4.74 Å². The zero-order valence-corrected chi connectivity index (χ0v) is 18.9. The van der Waals surface area contributed by atoms with E-state index in [1.807, 2.05) is 23.1 Å². The Hall–Kier alpha value is -1.30. The molecule has 0 unspecified atom stereocenters. The monoisotopic (exact) mass is 443 g/mol. The van der Waals surface area contributed by atoms with E-state index in [0.29, 0.717) is 6.61 Å². The highest BCUT2D eigenvalue weighted by Gasteiger charge is 2.22. The first-order valence-corrected chi connectivity index (χ1v) is 11.8. The average molecular weight is 444 g/mol. The van der Waals surface area contributed by atoms with Gasteiger partial charge < -0.3 is 9.64 Å². The summed E-state index contributed by atoms with van der Waals surface area (Å²) in [6, 6.07) is 19.9. The molecule has 5 heteroatoms. The molecular formula is C24H26ClNOS2. The highest BCUT2D eigenvalue weighted by molar-refractivity contribution is 7.99. The Balaban J connectivity index is 0.00000205. The van der Waals surface area contributed by atoms with Crippen molar-refractivity contribution in [2.45, 2.75) is 35.7 Å². The van der Waals surface area contributed by atoms with Crippen molar-refractivity contribution in [3.8, 4) is 21.6 Å². The predicted octanol–water partition coefficient (Wildman–Crippen LogP) is 6.97. The Morgan fingerprint density at radius 2 is 1.52 bits per heavy atom. The molecule has 1 saturated heterocycles. The van der Waals surface area contributed by atoms with Crippen LogP contribution in [0.15, 0.2) is 64.4 Å². The summed E-state index contributed by atoms with van der Waals surface area (Å²) in [7, 11) is 0. The van der Waals surface area contributed by atoms with Gasteiger partial charge in [0.15, 0.2) is 0 Å². The molecule has 2 aliphatic rings. The molecule has 1 aromatic heterocycles. The number of thiophene rings is 1. The molecule has 0 spiro atoms. The van der Waals surface area contributed by atoms with Gasteiger partial charge in [0.1, 0.15) is 0 Å². The van der Waals surface area contributed by atoms with E-state index >= 15 is 0 Å². The molecule has 0 saturated carbocycles. The van der Waals surface area contributed by atoms with Gasteiger partial charge in [-0.25, -0.2) is 0 Å². The fourth-order valence-corrected chi connectivity index (χ4v) is 6.41. The Morgan fingerprint density at radius 1 is 0.828 bits per heavy atom. The first-order chi connectivity index (χ1) is 13.9. The minimum atomic E-state index is 0. The molecule has 152 valence electrons. The second-order valence-corrected chi connectivity index (χ2v) is 9.73. The topological polar surface area (TPSA) is 12.5 Å². The Kier molecular flexibility index (Phi) is 6.99. The fourth-order valence-electron chi connectivity index (χ4n) is 4.10. The highest BCUT2D eigenvalue weighted by atomic mass is 35.5. The van der Waals surface area contributed by atoms with Gasteiger partial charge in [-0.2, -0.15) is 0 Å². The molecule has 2 aliphatic heterocycles. The van der Waals surface area contributed by atoms with E-state index < -0.39 is 0 Å². The van der Waals surface area contributed by atoms with Crippen LogP contribution < -0.4 is 0 Å². The average Bonchev–Trinajstić information content (AvgIpc) is 3.11. The zero-order chi connectivity index (χ0) is 18.8. The summed E-state index contributed by atoms with van der Waals surface area (Å²) >= 11 is 3.77. The first kappa shape index (κ1) is 21.0. The van der Waals surface area contributed by atoms with Crippen molar-refractivity contribution in [3.05, 3.63) is 59.5 Å². The molecule has 0 atom stereocenters. The third-order valence-corrected chi connectivity index (χ3v) is 7.85. The van der Waals surface area contributed by atoms with E-state index in [-0.39, 0.29) is 12.4 Å². The summed E-state index contributed by atoms with van der Waals surface area (Å²) < 4.78 is 6.07. The van der Waals surface area contributed by atoms with Crippen molar-refractivity contribution in [2.24, 2.45) is 0 Å². The number of hydrogen-bond donors (Lipinski definition) is 0. The molecule has 2 aromatic carbocycles. The van der Waals surface area contributed by atoms with E-state index in [1.54, 1.807) is 0 Å². The van der Waals surface area contributed by atoms with Gasteiger partial charge in [0.25, 0.3) is 0 Å². The summed E-state index contributed by atoms with van der Waals surface area (Å²) in [6.45, 7) is 5.08. The van der Waals surface area contributed by atoms with Crippen molar-refractivity contribution in [2.75, 3.05) is 26.2 Å². The number of fused-ring (bicyclic) bond motifs is 5. The second kappa shape index (κ2) is 9.67. The third-order valence-electron chi connectivity index (χ3n) is 5.56. The number of ether oxygens (including phenoxy) is 1. The fraction of sp³-hybridized carbons (Fsp3) is 0.333. The van der Waals surface area contributed by atoms with Crippen LogP contribution in [-0.4, -0.2) is 31.1 Å². The summed E-state index contributed by atoms with van der Waals surface area (Å²) in [6.07, 6.45) is 4.07. The zero-order valence-electron chi connectivity index (χ0n) is 16.4. The van der Waals surface area contributed by atoms with Gasteiger partial charge in [0.2, 0.25) is 0 Å². The molecule has 3 heterocycles. The minimum absolute atomic E-state index is 0. The van der Waals surface area contributed by atoms with Crippen LogP contribution in [0.25, 0.3) is 21.6 Å². The second-order valence-electron chi connectivity index (χ2n) is 7.50. The lowest BCUT2D eigenvalue weighted by molar-refractivity contribution is 0.0878. The van der Waals surface area contributed by atoms with Gasteiger partial charge in [0, 0.05) is 37.2 Å². The Labute approximate surface area is 187 Å². The van der Waals surface area contributed by atoms with Crippen LogP contribution in [0, 0.1) is 0 Å². The van der Waals surface area contributed by atoms with Crippen LogP contribution in [-0.2, 0) is 11.3 Å². The van der Waals surface area contributed by atoms with E-state index in [2.05, 4.69) is 59.5 Å². The van der Waals surface area contributed by atoms with Crippen LogP contribution in [0.1, 0.15) is 24.1 Å². The molecule has 29 heavy (non-hydrogen) atoms. The van der Waals surface area contributed by atoms with Crippen molar-refractivity contribution in [1.82, 2.24) is 4.90 Å². The van der Waals surface area contributed by atoms with Gasteiger partial charge in [-0.15, -0.1) is 23.7 Å². The van der Waals surface area contributed by atoms with E-state index in [0.717, 1.165) is 13.2 Å². The largest absolute Gasteiger partial charge is 0.375 e. The lowest BCUT2D eigenvalue weighted by atomic mass is 10.0. The number of halogens is 1. The summed E-state index contributed by atoms with van der Waals surface area (Å²) in [5.74, 6) is 0. The van der Waals surface area contributed by atoms with Gasteiger partial charge in [0.05, 0.1) is 13.2 Å². The number of piperidine rings is 1. The van der Waals surface area contributed by atoms with Crippen molar-refractivity contribution >= 4 is 35.5 Å². The smallest absolute Gasteiger partial charge is 0.0810 e. The van der Waals surface area contributed by atoms with Crippen molar-refractivity contribution in [1.29, 1.82) is 0 Å². The Bertz CT molecular complexity index is 902. The lowest BCUT2D eigenvalue weighted by Crippen LogP contribution is -2.32. The number of rotatable bonds is 5. The van der Waals surface area contributed by atoms with E-state index in [1.165, 1.54) is 68.6 Å². The molecule has 5 rings (SSSR count). The highest BCUT2D eigenvalue weighted by Crippen LogP contribution is 2.50. The quantitative estimate of drug-likeness (QED) is 0.309. The standard InChI is InChI=1S/C24H25NOS2.ClH/c1-6-12-25(13-7-1)14-15-26-17-18-16-21-19-8-2-4-10-22(19)28-23-11-5-3-9-20(23)24(21)27-18;/h2-5,8-11,16H,1,6-7,12-15,17H2;1H. The van der Waals surface area contributed by atoms with Gasteiger partial charge in [-0.05, 0) is 49.7 Å². The van der Waals surface area contributed by atoms with Crippen LogP contribution >= 0.6 is 35.5 Å². The Morgan fingerprint density at radius 3 is 2.31 bits per heavy atom. The molecule has 0 bridgehead atoms. The molecule has 0 N–H and O–H groups in total. The summed E-state index contributed by atoms with van der Waals surface area (Å²) in [4.78, 5) is 7.91. The van der Waals surface area contributed by atoms with Gasteiger partial charge in [-0.1, -0.05) is 54.6 Å². The maximum Gasteiger partial charge on any atom is 0.0810 e. The SMILES string of the molecule is Cl.c1ccc2c(c1)Sc1ccccc1-c1sc(COCCN3CCCCC3)cc1-2. The molecule has 0 radical (unpaired) electrons.